The largest absolute Gasteiger partial charge is 0.456 e. The Hall–Kier alpha value is -7.63. The highest BCUT2D eigenvalue weighted by molar-refractivity contribution is 6.13. The molecule has 0 atom stereocenters. The Morgan fingerprint density at radius 3 is 1.29 bits per heavy atom. The molecule has 0 N–H and O–H groups in total. The van der Waals surface area contributed by atoms with Crippen molar-refractivity contribution in [2.24, 2.45) is 0 Å². The fourth-order valence-corrected chi connectivity index (χ4v) is 7.89. The Bertz CT molecular complexity index is 3250. The summed E-state index contributed by atoms with van der Waals surface area (Å²) < 4.78 is 12.4. The molecule has 0 aliphatic heterocycles. The maximum absolute atomic E-state index is 6.24. The maximum atomic E-state index is 6.24. The fraction of sp³-hybridized carbons (Fsp3) is 0. The average Bonchev–Trinajstić information content (AvgIpc) is 3.86. The van der Waals surface area contributed by atoms with Gasteiger partial charge in [-0.25, -0.2) is 15.0 Å². The molecular formula is C51H31N3O2. The lowest BCUT2D eigenvalue weighted by molar-refractivity contribution is 0.668. The number of aromatic nitrogens is 3. The van der Waals surface area contributed by atoms with Gasteiger partial charge in [-0.15, -0.1) is 0 Å². The zero-order valence-electron chi connectivity index (χ0n) is 30.1. The summed E-state index contributed by atoms with van der Waals surface area (Å²) in [5.74, 6) is 1.80. The van der Waals surface area contributed by atoms with Gasteiger partial charge in [0.05, 0.1) is 0 Å². The molecule has 0 saturated carbocycles. The van der Waals surface area contributed by atoms with E-state index in [1.165, 1.54) is 0 Å². The van der Waals surface area contributed by atoms with Crippen LogP contribution in [0.25, 0.3) is 111 Å². The summed E-state index contributed by atoms with van der Waals surface area (Å²) in [6.07, 6.45) is 0. The third-order valence-electron chi connectivity index (χ3n) is 10.6. The van der Waals surface area contributed by atoms with Crippen LogP contribution in [0.5, 0.6) is 0 Å². The van der Waals surface area contributed by atoms with E-state index in [0.717, 1.165) is 93.9 Å². The Morgan fingerprint density at radius 1 is 0.268 bits per heavy atom. The van der Waals surface area contributed by atoms with E-state index in [-0.39, 0.29) is 0 Å². The molecule has 262 valence electrons. The van der Waals surface area contributed by atoms with Crippen LogP contribution in [-0.4, -0.2) is 15.0 Å². The fourth-order valence-electron chi connectivity index (χ4n) is 7.89. The standard InChI is InChI=1S/C51H31N3O2/c1-2-12-32(13-3-1)35-14-8-16-37(30-35)50-52-49(34-28-26-33(27-29-34)39-20-10-24-45-47(39)41-18-4-6-22-43(41)55-45)53-51(54-50)38-17-9-15-36(31-38)40-21-11-25-46-48(40)42-19-5-7-23-44(42)56-46/h1-31H. The molecule has 56 heavy (non-hydrogen) atoms. The Labute approximate surface area is 322 Å². The molecule has 0 aliphatic carbocycles. The molecule has 11 rings (SSSR count). The molecule has 5 nitrogen and oxygen atoms in total. The molecule has 3 heterocycles. The maximum Gasteiger partial charge on any atom is 0.164 e. The van der Waals surface area contributed by atoms with Crippen molar-refractivity contribution < 1.29 is 8.83 Å². The van der Waals surface area contributed by atoms with E-state index in [1.54, 1.807) is 0 Å². The third-order valence-corrected chi connectivity index (χ3v) is 10.6. The Kier molecular flexibility index (Phi) is 7.42. The molecule has 3 aromatic heterocycles. The quantitative estimate of drug-likeness (QED) is 0.171. The molecule has 8 aromatic carbocycles. The van der Waals surface area contributed by atoms with Gasteiger partial charge < -0.3 is 8.83 Å². The van der Waals surface area contributed by atoms with Crippen molar-refractivity contribution in [1.29, 1.82) is 0 Å². The van der Waals surface area contributed by atoms with Crippen LogP contribution in [0.2, 0.25) is 0 Å². The first-order valence-corrected chi connectivity index (χ1v) is 18.7. The highest BCUT2D eigenvalue weighted by atomic mass is 16.3. The van der Waals surface area contributed by atoms with E-state index in [9.17, 15) is 0 Å². The lowest BCUT2D eigenvalue weighted by Crippen LogP contribution is -2.00. The monoisotopic (exact) mass is 717 g/mol. The predicted octanol–water partition coefficient (Wildman–Crippen LogP) is 13.7. The van der Waals surface area contributed by atoms with E-state index >= 15 is 0 Å². The van der Waals surface area contributed by atoms with Crippen LogP contribution in [-0.2, 0) is 0 Å². The van der Waals surface area contributed by atoms with E-state index in [1.807, 2.05) is 54.6 Å². The first-order valence-electron chi connectivity index (χ1n) is 18.7. The number of para-hydroxylation sites is 2. The summed E-state index contributed by atoms with van der Waals surface area (Å²) in [5.41, 5.74) is 12.8. The van der Waals surface area contributed by atoms with Gasteiger partial charge in [0, 0.05) is 38.2 Å². The van der Waals surface area contributed by atoms with E-state index in [2.05, 4.69) is 133 Å². The second-order valence-electron chi connectivity index (χ2n) is 14.0. The zero-order valence-corrected chi connectivity index (χ0v) is 30.1. The van der Waals surface area contributed by atoms with Gasteiger partial charge in [-0.2, -0.15) is 0 Å². The van der Waals surface area contributed by atoms with Crippen molar-refractivity contribution in [3.63, 3.8) is 0 Å². The van der Waals surface area contributed by atoms with E-state index in [0.29, 0.717) is 17.5 Å². The summed E-state index contributed by atoms with van der Waals surface area (Å²) >= 11 is 0. The summed E-state index contributed by atoms with van der Waals surface area (Å²) in [6.45, 7) is 0. The van der Waals surface area contributed by atoms with Crippen LogP contribution in [0.1, 0.15) is 0 Å². The summed E-state index contributed by atoms with van der Waals surface area (Å²) in [6, 6.07) is 64.5. The highest BCUT2D eigenvalue weighted by Gasteiger charge is 2.17. The molecule has 0 fully saturated rings. The van der Waals surface area contributed by atoms with Gasteiger partial charge in [0.15, 0.2) is 17.5 Å². The van der Waals surface area contributed by atoms with Gasteiger partial charge in [0.25, 0.3) is 0 Å². The predicted molar refractivity (Wildman–Crippen MR) is 227 cm³/mol. The summed E-state index contributed by atoms with van der Waals surface area (Å²) in [5, 5.41) is 4.39. The van der Waals surface area contributed by atoms with Crippen molar-refractivity contribution in [2.75, 3.05) is 0 Å². The molecule has 0 unspecified atom stereocenters. The molecule has 0 radical (unpaired) electrons. The van der Waals surface area contributed by atoms with Crippen molar-refractivity contribution in [3.05, 3.63) is 188 Å². The number of hydrogen-bond donors (Lipinski definition) is 0. The van der Waals surface area contributed by atoms with Gasteiger partial charge >= 0.3 is 0 Å². The highest BCUT2D eigenvalue weighted by Crippen LogP contribution is 2.39. The molecule has 0 amide bonds. The van der Waals surface area contributed by atoms with Crippen molar-refractivity contribution >= 4 is 43.9 Å². The average molecular weight is 718 g/mol. The lowest BCUT2D eigenvalue weighted by Gasteiger charge is -2.11. The Balaban J connectivity index is 1.05. The minimum Gasteiger partial charge on any atom is -0.456 e. The number of nitrogens with zero attached hydrogens (tertiary/aromatic N) is 3. The summed E-state index contributed by atoms with van der Waals surface area (Å²) in [4.78, 5) is 15.4. The molecule has 11 aromatic rings. The molecule has 0 saturated heterocycles. The van der Waals surface area contributed by atoms with Crippen molar-refractivity contribution in [1.82, 2.24) is 15.0 Å². The molecule has 0 bridgehead atoms. The molecular weight excluding hydrogens is 687 g/mol. The number of benzene rings is 8. The van der Waals surface area contributed by atoms with Crippen LogP contribution in [0.3, 0.4) is 0 Å². The first kappa shape index (κ1) is 31.9. The van der Waals surface area contributed by atoms with Gasteiger partial charge in [0.2, 0.25) is 0 Å². The van der Waals surface area contributed by atoms with Crippen LogP contribution >= 0.6 is 0 Å². The first-order chi connectivity index (χ1) is 27.7. The third kappa shape index (κ3) is 5.45. The summed E-state index contributed by atoms with van der Waals surface area (Å²) in [7, 11) is 0. The number of fused-ring (bicyclic) bond motifs is 6. The number of furan rings is 2. The topological polar surface area (TPSA) is 65.0 Å². The normalized spacial score (nSPS) is 11.6. The van der Waals surface area contributed by atoms with Gasteiger partial charge in [-0.3, -0.25) is 0 Å². The smallest absolute Gasteiger partial charge is 0.164 e. The van der Waals surface area contributed by atoms with E-state index in [4.69, 9.17) is 23.8 Å². The van der Waals surface area contributed by atoms with Crippen LogP contribution in [0, 0.1) is 0 Å². The van der Waals surface area contributed by atoms with Crippen LogP contribution in [0.4, 0.5) is 0 Å². The van der Waals surface area contributed by atoms with E-state index < -0.39 is 0 Å². The minimum atomic E-state index is 0.597. The van der Waals surface area contributed by atoms with Crippen LogP contribution < -0.4 is 0 Å². The van der Waals surface area contributed by atoms with Crippen molar-refractivity contribution in [3.8, 4) is 67.5 Å². The molecule has 0 spiro atoms. The SMILES string of the molecule is c1ccc(-c2cccc(-c3nc(-c4ccc(-c5cccc6oc7ccccc7c56)cc4)nc(-c4cccc(-c5cccc6oc7ccccc7c56)c4)n3)c2)cc1. The number of hydrogen-bond acceptors (Lipinski definition) is 5. The van der Waals surface area contributed by atoms with Gasteiger partial charge in [0.1, 0.15) is 22.3 Å². The van der Waals surface area contributed by atoms with Crippen molar-refractivity contribution in [2.45, 2.75) is 0 Å². The second kappa shape index (κ2) is 13.0. The minimum absolute atomic E-state index is 0.597. The van der Waals surface area contributed by atoms with Gasteiger partial charge in [-0.1, -0.05) is 152 Å². The molecule has 0 aliphatic rings. The second-order valence-corrected chi connectivity index (χ2v) is 14.0. The van der Waals surface area contributed by atoms with Gasteiger partial charge in [-0.05, 0) is 69.8 Å². The zero-order chi connectivity index (χ0) is 37.0. The number of rotatable bonds is 6. The Morgan fingerprint density at radius 2 is 0.679 bits per heavy atom. The lowest BCUT2D eigenvalue weighted by atomic mass is 9.97. The van der Waals surface area contributed by atoms with Crippen LogP contribution in [0.15, 0.2) is 197 Å². The molecule has 5 heteroatoms.